The summed E-state index contributed by atoms with van der Waals surface area (Å²) in [6.45, 7) is 1.03. The molecule has 152 valence electrons. The Labute approximate surface area is 165 Å². The SMILES string of the molecule is CCCc1ccc(-c2ccc(-c3ccc(OCC(F)F)c(F)c3F)c(F)c2)cc1. The summed E-state index contributed by atoms with van der Waals surface area (Å²) in [5, 5.41) is 0. The highest BCUT2D eigenvalue weighted by atomic mass is 19.3. The van der Waals surface area contributed by atoms with Crippen LogP contribution in [-0.2, 0) is 6.42 Å². The van der Waals surface area contributed by atoms with Crippen LogP contribution in [0.2, 0.25) is 0 Å². The summed E-state index contributed by atoms with van der Waals surface area (Å²) >= 11 is 0. The van der Waals surface area contributed by atoms with Gasteiger partial charge in [-0.05, 0) is 41.3 Å². The Bertz CT molecular complexity index is 983. The van der Waals surface area contributed by atoms with Gasteiger partial charge in [-0.25, -0.2) is 17.6 Å². The van der Waals surface area contributed by atoms with Crippen LogP contribution in [0.25, 0.3) is 22.3 Å². The van der Waals surface area contributed by atoms with E-state index in [0.717, 1.165) is 30.5 Å². The van der Waals surface area contributed by atoms with E-state index in [2.05, 4.69) is 11.7 Å². The van der Waals surface area contributed by atoms with Gasteiger partial charge in [-0.15, -0.1) is 0 Å². The first kappa shape index (κ1) is 20.8. The van der Waals surface area contributed by atoms with E-state index >= 15 is 0 Å². The first-order valence-corrected chi connectivity index (χ1v) is 9.19. The molecule has 0 aliphatic heterocycles. The predicted octanol–water partition coefficient (Wildman–Crippen LogP) is 7.03. The summed E-state index contributed by atoms with van der Waals surface area (Å²) in [7, 11) is 0. The molecule has 29 heavy (non-hydrogen) atoms. The number of halogens is 5. The van der Waals surface area contributed by atoms with Crippen LogP contribution in [0.15, 0.2) is 54.6 Å². The van der Waals surface area contributed by atoms with Crippen LogP contribution in [0.5, 0.6) is 5.75 Å². The maximum atomic E-state index is 14.7. The summed E-state index contributed by atoms with van der Waals surface area (Å²) in [5.74, 6) is -4.15. The van der Waals surface area contributed by atoms with Gasteiger partial charge in [0.25, 0.3) is 6.43 Å². The minimum Gasteiger partial charge on any atom is -0.484 e. The second-order valence-corrected chi connectivity index (χ2v) is 6.58. The molecule has 0 aliphatic carbocycles. The van der Waals surface area contributed by atoms with E-state index in [4.69, 9.17) is 0 Å². The molecule has 0 saturated heterocycles. The Morgan fingerprint density at radius 1 is 0.793 bits per heavy atom. The highest BCUT2D eigenvalue weighted by Gasteiger charge is 2.19. The molecule has 0 aromatic heterocycles. The first-order valence-electron chi connectivity index (χ1n) is 9.19. The molecule has 0 heterocycles. The van der Waals surface area contributed by atoms with E-state index in [0.29, 0.717) is 5.56 Å². The molecule has 0 radical (unpaired) electrons. The Morgan fingerprint density at radius 2 is 1.45 bits per heavy atom. The molecule has 0 unspecified atom stereocenters. The zero-order valence-corrected chi connectivity index (χ0v) is 15.7. The van der Waals surface area contributed by atoms with E-state index in [1.165, 1.54) is 17.7 Å². The molecule has 0 fully saturated rings. The van der Waals surface area contributed by atoms with E-state index < -0.39 is 36.2 Å². The summed E-state index contributed by atoms with van der Waals surface area (Å²) in [6, 6.07) is 14.1. The Hall–Kier alpha value is -2.89. The third-order valence-corrected chi connectivity index (χ3v) is 4.50. The molecule has 1 nitrogen and oxygen atoms in total. The lowest BCUT2D eigenvalue weighted by molar-refractivity contribution is 0.0795. The van der Waals surface area contributed by atoms with Gasteiger partial charge in [0.2, 0.25) is 5.82 Å². The number of benzene rings is 3. The van der Waals surface area contributed by atoms with Crippen molar-refractivity contribution in [2.24, 2.45) is 0 Å². The number of rotatable bonds is 7. The molecular formula is C23H19F5O. The van der Waals surface area contributed by atoms with Crippen LogP contribution in [-0.4, -0.2) is 13.0 Å². The highest BCUT2D eigenvalue weighted by Crippen LogP contribution is 2.33. The van der Waals surface area contributed by atoms with Gasteiger partial charge in [0.05, 0.1) is 0 Å². The summed E-state index contributed by atoms with van der Waals surface area (Å²) in [5.41, 5.74) is 2.15. The van der Waals surface area contributed by atoms with Crippen LogP contribution >= 0.6 is 0 Å². The van der Waals surface area contributed by atoms with Crippen LogP contribution in [0.3, 0.4) is 0 Å². The van der Waals surface area contributed by atoms with Crippen molar-refractivity contribution in [3.63, 3.8) is 0 Å². The van der Waals surface area contributed by atoms with Crippen molar-refractivity contribution in [1.82, 2.24) is 0 Å². The normalized spacial score (nSPS) is 11.1. The fourth-order valence-corrected chi connectivity index (χ4v) is 3.07. The Kier molecular flexibility index (Phi) is 6.52. The molecule has 3 aromatic carbocycles. The minimum absolute atomic E-state index is 0.131. The predicted molar refractivity (Wildman–Crippen MR) is 103 cm³/mol. The van der Waals surface area contributed by atoms with Gasteiger partial charge in [-0.1, -0.05) is 49.7 Å². The zero-order valence-electron chi connectivity index (χ0n) is 15.7. The van der Waals surface area contributed by atoms with Crippen molar-refractivity contribution >= 4 is 0 Å². The second kappa shape index (κ2) is 9.07. The molecule has 0 aliphatic rings. The van der Waals surface area contributed by atoms with Crippen LogP contribution in [0, 0.1) is 17.5 Å². The van der Waals surface area contributed by atoms with E-state index in [1.807, 2.05) is 24.3 Å². The fourth-order valence-electron chi connectivity index (χ4n) is 3.07. The Morgan fingerprint density at radius 3 is 2.07 bits per heavy atom. The average molecular weight is 406 g/mol. The van der Waals surface area contributed by atoms with Crippen molar-refractivity contribution in [2.45, 2.75) is 26.2 Å². The second-order valence-electron chi connectivity index (χ2n) is 6.58. The maximum absolute atomic E-state index is 14.7. The standard InChI is InChI=1S/C23H19F5O/c1-2-3-14-4-6-15(7-5-14)16-8-9-17(19(24)12-16)18-10-11-20(23(28)22(18)27)29-13-21(25)26/h4-12,21H,2-3,13H2,1H3. The number of alkyl halides is 2. The lowest BCUT2D eigenvalue weighted by atomic mass is 9.98. The number of hydrogen-bond acceptors (Lipinski definition) is 1. The van der Waals surface area contributed by atoms with Gasteiger partial charge >= 0.3 is 0 Å². The van der Waals surface area contributed by atoms with Crippen LogP contribution < -0.4 is 4.74 Å². The largest absolute Gasteiger partial charge is 0.484 e. The number of ether oxygens (including phenoxy) is 1. The van der Waals surface area contributed by atoms with Gasteiger partial charge < -0.3 is 4.74 Å². The lowest BCUT2D eigenvalue weighted by Crippen LogP contribution is -2.09. The van der Waals surface area contributed by atoms with E-state index in [1.54, 1.807) is 6.07 Å². The fraction of sp³-hybridized carbons (Fsp3) is 0.217. The zero-order chi connectivity index (χ0) is 21.0. The van der Waals surface area contributed by atoms with Gasteiger partial charge in [-0.2, -0.15) is 4.39 Å². The maximum Gasteiger partial charge on any atom is 0.272 e. The molecule has 0 N–H and O–H groups in total. The average Bonchev–Trinajstić information content (AvgIpc) is 2.70. The molecule has 3 aromatic rings. The van der Waals surface area contributed by atoms with Crippen molar-refractivity contribution in [3.05, 3.63) is 77.6 Å². The van der Waals surface area contributed by atoms with Gasteiger partial charge in [0.1, 0.15) is 12.4 Å². The van der Waals surface area contributed by atoms with Crippen molar-refractivity contribution in [3.8, 4) is 28.0 Å². The molecular weight excluding hydrogens is 387 g/mol. The molecule has 0 saturated carbocycles. The quantitative estimate of drug-likeness (QED) is 0.383. The summed E-state index contributed by atoms with van der Waals surface area (Å²) in [4.78, 5) is 0. The molecule has 0 spiro atoms. The molecule has 0 amide bonds. The van der Waals surface area contributed by atoms with Crippen LogP contribution in [0.1, 0.15) is 18.9 Å². The van der Waals surface area contributed by atoms with Gasteiger partial charge in [0.15, 0.2) is 11.6 Å². The van der Waals surface area contributed by atoms with Crippen molar-refractivity contribution in [2.75, 3.05) is 6.61 Å². The van der Waals surface area contributed by atoms with Crippen LogP contribution in [0.4, 0.5) is 22.0 Å². The number of aryl methyl sites for hydroxylation is 1. The Balaban J connectivity index is 1.89. The third kappa shape index (κ3) is 4.75. The third-order valence-electron chi connectivity index (χ3n) is 4.50. The van der Waals surface area contributed by atoms with Gasteiger partial charge in [-0.3, -0.25) is 0 Å². The monoisotopic (exact) mass is 406 g/mol. The number of hydrogen-bond donors (Lipinski definition) is 0. The smallest absolute Gasteiger partial charge is 0.272 e. The molecule has 6 heteroatoms. The van der Waals surface area contributed by atoms with Crippen molar-refractivity contribution in [1.29, 1.82) is 0 Å². The summed E-state index contributed by atoms with van der Waals surface area (Å²) in [6.07, 6.45) is -0.843. The van der Waals surface area contributed by atoms with Crippen molar-refractivity contribution < 1.29 is 26.7 Å². The lowest BCUT2D eigenvalue weighted by Gasteiger charge is -2.12. The summed E-state index contributed by atoms with van der Waals surface area (Å²) < 4.78 is 72.1. The van der Waals surface area contributed by atoms with E-state index in [9.17, 15) is 22.0 Å². The van der Waals surface area contributed by atoms with Gasteiger partial charge in [0, 0.05) is 11.1 Å². The van der Waals surface area contributed by atoms with E-state index in [-0.39, 0.29) is 11.1 Å². The highest BCUT2D eigenvalue weighted by molar-refractivity contribution is 5.72. The molecule has 0 atom stereocenters. The first-order chi connectivity index (χ1) is 13.9. The molecule has 3 rings (SSSR count). The minimum atomic E-state index is -2.82. The molecule has 0 bridgehead atoms. The topological polar surface area (TPSA) is 9.23 Å².